The van der Waals surface area contributed by atoms with Crippen molar-refractivity contribution in [3.63, 3.8) is 0 Å². The SMILES string of the molecule is CNC(=O)c1cccc(Cn2nc(C)c(NC(=O)c3ccc(Oc4ccc(C(F)(F)F)cc4)cc3)c2C)c1. The Morgan fingerprint density at radius 1 is 0.895 bits per heavy atom. The lowest BCUT2D eigenvalue weighted by Gasteiger charge is -2.10. The van der Waals surface area contributed by atoms with E-state index >= 15 is 0 Å². The second kappa shape index (κ2) is 10.8. The summed E-state index contributed by atoms with van der Waals surface area (Å²) < 4.78 is 45.5. The predicted octanol–water partition coefficient (Wildman–Crippen LogP) is 5.97. The van der Waals surface area contributed by atoms with Crippen molar-refractivity contribution in [3.8, 4) is 11.5 Å². The summed E-state index contributed by atoms with van der Waals surface area (Å²) in [6.07, 6.45) is -4.42. The minimum absolute atomic E-state index is 0.177. The minimum atomic E-state index is -4.42. The molecule has 0 bridgehead atoms. The summed E-state index contributed by atoms with van der Waals surface area (Å²) in [6.45, 7) is 4.06. The molecule has 38 heavy (non-hydrogen) atoms. The standard InChI is InChI=1S/C28H25F3N4O3/c1-17-25(18(2)35(34-17)16-19-5-4-6-21(15-19)26(36)32-3)33-27(37)20-7-11-23(12-8-20)38-24-13-9-22(10-14-24)28(29,30)31/h4-15H,16H2,1-3H3,(H,32,36)(H,33,37). The van der Waals surface area contributed by atoms with Crippen LogP contribution in [0.5, 0.6) is 11.5 Å². The zero-order valence-electron chi connectivity index (χ0n) is 20.9. The van der Waals surface area contributed by atoms with Crippen molar-refractivity contribution in [1.82, 2.24) is 15.1 Å². The van der Waals surface area contributed by atoms with Crippen molar-refractivity contribution in [2.45, 2.75) is 26.6 Å². The van der Waals surface area contributed by atoms with E-state index in [1.165, 1.54) is 12.1 Å². The first-order valence-corrected chi connectivity index (χ1v) is 11.7. The molecule has 196 valence electrons. The topological polar surface area (TPSA) is 85.3 Å². The van der Waals surface area contributed by atoms with Gasteiger partial charge in [0, 0.05) is 18.2 Å². The Bertz CT molecular complexity index is 1460. The lowest BCUT2D eigenvalue weighted by atomic mass is 10.1. The normalized spacial score (nSPS) is 11.2. The van der Waals surface area contributed by atoms with Crippen LogP contribution in [0.2, 0.25) is 0 Å². The molecule has 0 radical (unpaired) electrons. The monoisotopic (exact) mass is 522 g/mol. The molecule has 10 heteroatoms. The van der Waals surface area contributed by atoms with E-state index in [1.807, 2.05) is 13.0 Å². The van der Waals surface area contributed by atoms with Crippen LogP contribution in [-0.4, -0.2) is 28.6 Å². The highest BCUT2D eigenvalue weighted by Gasteiger charge is 2.30. The molecule has 0 saturated heterocycles. The van der Waals surface area contributed by atoms with Gasteiger partial charge in [0.25, 0.3) is 11.8 Å². The van der Waals surface area contributed by atoms with E-state index in [2.05, 4.69) is 15.7 Å². The number of alkyl halides is 3. The van der Waals surface area contributed by atoms with Gasteiger partial charge in [-0.25, -0.2) is 0 Å². The van der Waals surface area contributed by atoms with Crippen molar-refractivity contribution >= 4 is 17.5 Å². The fourth-order valence-corrected chi connectivity index (χ4v) is 3.87. The summed E-state index contributed by atoms with van der Waals surface area (Å²) in [7, 11) is 1.57. The Hall–Kier alpha value is -4.60. The molecule has 1 heterocycles. The first-order chi connectivity index (χ1) is 18.0. The molecule has 7 nitrogen and oxygen atoms in total. The number of amides is 2. The molecular formula is C28H25F3N4O3. The molecule has 2 amide bonds. The third-order valence-corrected chi connectivity index (χ3v) is 5.90. The molecular weight excluding hydrogens is 497 g/mol. The average Bonchev–Trinajstić information content (AvgIpc) is 3.15. The first kappa shape index (κ1) is 26.5. The fourth-order valence-electron chi connectivity index (χ4n) is 3.87. The largest absolute Gasteiger partial charge is 0.457 e. The second-order valence-electron chi connectivity index (χ2n) is 8.59. The van der Waals surface area contributed by atoms with Crippen LogP contribution in [0.15, 0.2) is 72.8 Å². The summed E-state index contributed by atoms with van der Waals surface area (Å²) in [4.78, 5) is 24.8. The van der Waals surface area contributed by atoms with Crippen LogP contribution in [0.1, 0.15) is 43.2 Å². The smallest absolute Gasteiger partial charge is 0.416 e. The summed E-state index contributed by atoms with van der Waals surface area (Å²) in [5.41, 5.74) is 3.02. The zero-order chi connectivity index (χ0) is 27.4. The summed E-state index contributed by atoms with van der Waals surface area (Å²) in [5, 5.41) is 10.0. The van der Waals surface area contributed by atoms with Gasteiger partial charge in [0.2, 0.25) is 0 Å². The molecule has 0 aliphatic heterocycles. The van der Waals surface area contributed by atoms with E-state index in [4.69, 9.17) is 4.74 Å². The number of carbonyl (C=O) groups excluding carboxylic acids is 2. The molecule has 4 aromatic rings. The number of anilines is 1. The number of rotatable bonds is 7. The molecule has 0 unspecified atom stereocenters. The van der Waals surface area contributed by atoms with E-state index in [-0.39, 0.29) is 17.6 Å². The lowest BCUT2D eigenvalue weighted by Crippen LogP contribution is -2.18. The highest BCUT2D eigenvalue weighted by atomic mass is 19.4. The van der Waals surface area contributed by atoms with Gasteiger partial charge in [-0.3, -0.25) is 14.3 Å². The molecule has 0 aliphatic carbocycles. The fraction of sp³-hybridized carbons (Fsp3) is 0.179. The molecule has 0 fully saturated rings. The van der Waals surface area contributed by atoms with Crippen molar-refractivity contribution in [2.24, 2.45) is 0 Å². The molecule has 0 saturated carbocycles. The Morgan fingerprint density at radius 3 is 2.13 bits per heavy atom. The molecule has 2 N–H and O–H groups in total. The van der Waals surface area contributed by atoms with Gasteiger partial charge in [-0.2, -0.15) is 18.3 Å². The predicted molar refractivity (Wildman–Crippen MR) is 137 cm³/mol. The molecule has 3 aromatic carbocycles. The van der Waals surface area contributed by atoms with Crippen LogP contribution in [0.4, 0.5) is 18.9 Å². The van der Waals surface area contributed by atoms with Gasteiger partial charge in [0.1, 0.15) is 11.5 Å². The number of aromatic nitrogens is 2. The summed E-state index contributed by atoms with van der Waals surface area (Å²) in [6, 6.07) is 17.8. The zero-order valence-corrected chi connectivity index (χ0v) is 20.9. The third kappa shape index (κ3) is 6.03. The van der Waals surface area contributed by atoms with Crippen LogP contribution >= 0.6 is 0 Å². The summed E-state index contributed by atoms with van der Waals surface area (Å²) >= 11 is 0. The lowest BCUT2D eigenvalue weighted by molar-refractivity contribution is -0.137. The number of hydrogen-bond acceptors (Lipinski definition) is 4. The Morgan fingerprint density at radius 2 is 1.53 bits per heavy atom. The van der Waals surface area contributed by atoms with Gasteiger partial charge in [0.05, 0.1) is 29.2 Å². The maximum absolute atomic E-state index is 12.9. The van der Waals surface area contributed by atoms with Crippen LogP contribution in [0.3, 0.4) is 0 Å². The number of halogens is 3. The number of carbonyl (C=O) groups is 2. The van der Waals surface area contributed by atoms with E-state index in [0.717, 1.165) is 23.4 Å². The van der Waals surface area contributed by atoms with Gasteiger partial charge < -0.3 is 15.4 Å². The van der Waals surface area contributed by atoms with Gasteiger partial charge in [-0.1, -0.05) is 12.1 Å². The number of benzene rings is 3. The highest BCUT2D eigenvalue weighted by Crippen LogP contribution is 2.31. The maximum atomic E-state index is 12.9. The maximum Gasteiger partial charge on any atom is 0.416 e. The number of nitrogens with zero attached hydrogens (tertiary/aromatic N) is 2. The second-order valence-corrected chi connectivity index (χ2v) is 8.59. The molecule has 0 spiro atoms. The Labute approximate surface area is 217 Å². The van der Waals surface area contributed by atoms with Crippen LogP contribution < -0.4 is 15.4 Å². The average molecular weight is 523 g/mol. The number of nitrogens with one attached hydrogen (secondary N) is 2. The molecule has 0 atom stereocenters. The molecule has 0 aliphatic rings. The van der Waals surface area contributed by atoms with Gasteiger partial charge in [0.15, 0.2) is 0 Å². The van der Waals surface area contributed by atoms with Crippen LogP contribution in [0.25, 0.3) is 0 Å². The van der Waals surface area contributed by atoms with E-state index < -0.39 is 11.7 Å². The molecule has 4 rings (SSSR count). The van der Waals surface area contributed by atoms with Crippen molar-refractivity contribution in [2.75, 3.05) is 12.4 Å². The van der Waals surface area contributed by atoms with Crippen molar-refractivity contribution in [3.05, 3.63) is 106 Å². The van der Waals surface area contributed by atoms with Crippen molar-refractivity contribution < 1.29 is 27.5 Å². The van der Waals surface area contributed by atoms with Crippen LogP contribution in [0, 0.1) is 13.8 Å². The third-order valence-electron chi connectivity index (χ3n) is 5.90. The first-order valence-electron chi connectivity index (χ1n) is 11.7. The Balaban J connectivity index is 1.43. The van der Waals surface area contributed by atoms with Gasteiger partial charge in [-0.15, -0.1) is 0 Å². The van der Waals surface area contributed by atoms with E-state index in [0.29, 0.717) is 34.8 Å². The minimum Gasteiger partial charge on any atom is -0.457 e. The Kier molecular flexibility index (Phi) is 7.52. The van der Waals surface area contributed by atoms with Gasteiger partial charge >= 0.3 is 6.18 Å². The highest BCUT2D eigenvalue weighted by molar-refractivity contribution is 6.05. The number of aryl methyl sites for hydroxylation is 1. The summed E-state index contributed by atoms with van der Waals surface area (Å²) in [5.74, 6) is 0.0950. The quantitative estimate of drug-likeness (QED) is 0.313. The van der Waals surface area contributed by atoms with E-state index in [9.17, 15) is 22.8 Å². The number of hydrogen-bond donors (Lipinski definition) is 2. The number of ether oxygens (including phenoxy) is 1. The van der Waals surface area contributed by atoms with Crippen LogP contribution in [-0.2, 0) is 12.7 Å². The molecule has 1 aromatic heterocycles. The van der Waals surface area contributed by atoms with Crippen molar-refractivity contribution in [1.29, 1.82) is 0 Å². The van der Waals surface area contributed by atoms with E-state index in [1.54, 1.807) is 61.1 Å². The van der Waals surface area contributed by atoms with Gasteiger partial charge in [-0.05, 0) is 80.1 Å².